The lowest BCUT2D eigenvalue weighted by Crippen LogP contribution is -2.10. The number of azo groups is 1. The summed E-state index contributed by atoms with van der Waals surface area (Å²) in [5, 5.41) is 19.8. The van der Waals surface area contributed by atoms with E-state index in [1.54, 1.807) is 18.2 Å². The van der Waals surface area contributed by atoms with Crippen molar-refractivity contribution in [2.45, 2.75) is 9.79 Å². The number of anilines is 1. The van der Waals surface area contributed by atoms with Gasteiger partial charge in [-0.1, -0.05) is 29.3 Å². The van der Waals surface area contributed by atoms with Gasteiger partial charge in [0.05, 0.1) is 28.6 Å². The van der Waals surface area contributed by atoms with Crippen LogP contribution in [0.2, 0.25) is 0 Å². The first-order valence-electron chi connectivity index (χ1n) is 8.93. The van der Waals surface area contributed by atoms with E-state index in [1.165, 1.54) is 30.3 Å². The number of benzene rings is 3. The van der Waals surface area contributed by atoms with E-state index in [0.29, 0.717) is 5.39 Å². The van der Waals surface area contributed by atoms with Crippen molar-refractivity contribution in [1.82, 2.24) is 0 Å². The maximum Gasteiger partial charge on any atom is 0.295 e. The Bertz CT molecular complexity index is 1380. The van der Waals surface area contributed by atoms with Crippen LogP contribution in [0.15, 0.2) is 74.6 Å². The van der Waals surface area contributed by atoms with Crippen molar-refractivity contribution in [1.29, 1.82) is 0 Å². The molecule has 0 saturated heterocycles. The molecule has 0 atom stereocenters. The van der Waals surface area contributed by atoms with Gasteiger partial charge >= 0.3 is 0 Å². The number of sulfone groups is 1. The van der Waals surface area contributed by atoms with E-state index in [2.05, 4.69) is 19.6 Å². The molecule has 0 spiro atoms. The van der Waals surface area contributed by atoms with Crippen LogP contribution in [0.5, 0.6) is 0 Å². The number of nitrogens with two attached hydrogens (primary N) is 1. The molecule has 0 bridgehead atoms. The third-order valence-corrected chi connectivity index (χ3v) is 7.28. The summed E-state index contributed by atoms with van der Waals surface area (Å²) in [6.07, 6.45) is 0. The molecule has 0 aliphatic rings. The van der Waals surface area contributed by atoms with Gasteiger partial charge in [-0.25, -0.2) is 13.7 Å². The van der Waals surface area contributed by atoms with Gasteiger partial charge in [-0.15, -0.1) is 9.45 Å². The molecule has 176 valence electrons. The molecule has 0 amide bonds. The first-order valence-corrected chi connectivity index (χ1v) is 12.7. The lowest BCUT2D eigenvalue weighted by molar-refractivity contribution is -0.434. The smallest absolute Gasteiger partial charge is 0.295 e. The summed E-state index contributed by atoms with van der Waals surface area (Å²) in [6.45, 7) is -0.227. The molecular weight excluding hydrogens is 498 g/mol. The Kier molecular flexibility index (Phi) is 7.98. The summed E-state index contributed by atoms with van der Waals surface area (Å²) in [6, 6.07) is 12.9. The summed E-state index contributed by atoms with van der Waals surface area (Å²) in [5.41, 5.74) is 6.55. The van der Waals surface area contributed by atoms with Crippen molar-refractivity contribution in [3.8, 4) is 0 Å². The number of fused-ring (bicyclic) bond motifs is 1. The van der Waals surface area contributed by atoms with Crippen LogP contribution in [-0.2, 0) is 33.5 Å². The van der Waals surface area contributed by atoms with E-state index in [1.807, 2.05) is 0 Å². The van der Waals surface area contributed by atoms with Crippen LogP contribution < -0.4 is 5.73 Å². The molecule has 15 heteroatoms. The standard InChI is InChI=1S/C18H17N3O9S3/c19-18-15-4-2-1-3-14(15)17(33(25,26)27)11-16(18)21-20-12-5-7-13(8-6-12)32(23,24)10-9-28-31-30-29-22/h1-8,11,22H,9-10,19H2,(H,25,26,27)/b21-20+. The average Bonchev–Trinajstić information content (AvgIpc) is 2.78. The third-order valence-electron chi connectivity index (χ3n) is 4.32. The highest BCUT2D eigenvalue weighted by Gasteiger charge is 2.18. The van der Waals surface area contributed by atoms with Gasteiger partial charge in [0, 0.05) is 10.8 Å². The van der Waals surface area contributed by atoms with E-state index in [0.717, 1.165) is 6.07 Å². The molecule has 0 saturated carbocycles. The Morgan fingerprint density at radius 1 is 0.970 bits per heavy atom. The molecule has 3 aromatic carbocycles. The zero-order valence-corrected chi connectivity index (χ0v) is 19.0. The highest BCUT2D eigenvalue weighted by molar-refractivity contribution is 7.91. The number of nitrogen functional groups attached to an aromatic ring is 1. The third kappa shape index (κ3) is 6.24. The average molecular weight is 516 g/mol. The normalized spacial score (nSPS) is 12.5. The van der Waals surface area contributed by atoms with Crippen LogP contribution in [-0.4, -0.2) is 39.0 Å². The fourth-order valence-electron chi connectivity index (χ4n) is 2.81. The fourth-order valence-corrected chi connectivity index (χ4v) is 4.93. The minimum atomic E-state index is -4.55. The van der Waals surface area contributed by atoms with Crippen LogP contribution in [0.1, 0.15) is 0 Å². The van der Waals surface area contributed by atoms with Crippen molar-refractivity contribution in [3.63, 3.8) is 0 Å². The fraction of sp³-hybridized carbons (Fsp3) is 0.111. The molecule has 3 rings (SSSR count). The molecule has 0 aliphatic heterocycles. The predicted octanol–water partition coefficient (Wildman–Crippen LogP) is 3.86. The molecule has 0 aliphatic carbocycles. The lowest BCUT2D eigenvalue weighted by atomic mass is 10.1. The van der Waals surface area contributed by atoms with Gasteiger partial charge in [-0.2, -0.15) is 13.5 Å². The Balaban J connectivity index is 1.82. The van der Waals surface area contributed by atoms with Gasteiger partial charge in [0.25, 0.3) is 10.1 Å². The van der Waals surface area contributed by atoms with Crippen molar-refractivity contribution in [2.24, 2.45) is 10.2 Å². The number of rotatable bonds is 10. The van der Waals surface area contributed by atoms with E-state index < -0.39 is 20.0 Å². The van der Waals surface area contributed by atoms with Gasteiger partial charge in [-0.05, 0) is 30.3 Å². The van der Waals surface area contributed by atoms with Crippen LogP contribution in [0, 0.1) is 0 Å². The van der Waals surface area contributed by atoms with Gasteiger partial charge in [0.2, 0.25) is 0 Å². The van der Waals surface area contributed by atoms with E-state index in [-0.39, 0.29) is 56.9 Å². The van der Waals surface area contributed by atoms with Gasteiger partial charge in [-0.3, -0.25) is 8.74 Å². The maximum absolute atomic E-state index is 12.3. The Hall–Kier alpha value is -2.63. The second kappa shape index (κ2) is 10.5. The molecule has 12 nitrogen and oxygen atoms in total. The quantitative estimate of drug-likeness (QED) is 0.0676. The van der Waals surface area contributed by atoms with Crippen LogP contribution in [0.25, 0.3) is 10.8 Å². The Labute approximate surface area is 192 Å². The minimum Gasteiger partial charge on any atom is -0.396 e. The van der Waals surface area contributed by atoms with Gasteiger partial charge < -0.3 is 5.73 Å². The van der Waals surface area contributed by atoms with E-state index in [9.17, 15) is 21.4 Å². The summed E-state index contributed by atoms with van der Waals surface area (Å²) >= 11 is 0.273. The second-order valence-corrected chi connectivity index (χ2v) is 10.4. The summed E-state index contributed by atoms with van der Waals surface area (Å²) in [7, 11) is -8.22. The van der Waals surface area contributed by atoms with E-state index in [4.69, 9.17) is 15.2 Å². The van der Waals surface area contributed by atoms with Crippen LogP contribution in [0.4, 0.5) is 17.1 Å². The topological polar surface area (TPSA) is 187 Å². The summed E-state index contributed by atoms with van der Waals surface area (Å²) < 4.78 is 66.5. The molecule has 0 unspecified atom stereocenters. The van der Waals surface area contributed by atoms with Crippen molar-refractivity contribution < 1.29 is 40.2 Å². The van der Waals surface area contributed by atoms with Crippen molar-refractivity contribution in [3.05, 3.63) is 54.6 Å². The highest BCUT2D eigenvalue weighted by atomic mass is 32.2. The number of hydrogen-bond acceptors (Lipinski definition) is 12. The first-order chi connectivity index (χ1) is 15.6. The van der Waals surface area contributed by atoms with E-state index >= 15 is 0 Å². The lowest BCUT2D eigenvalue weighted by Gasteiger charge is -2.09. The van der Waals surface area contributed by atoms with Gasteiger partial charge in [0.1, 0.15) is 10.6 Å². The molecule has 0 aromatic heterocycles. The molecule has 0 fully saturated rings. The van der Waals surface area contributed by atoms with Gasteiger partial charge in [0.15, 0.2) is 22.2 Å². The highest BCUT2D eigenvalue weighted by Crippen LogP contribution is 2.36. The molecular formula is C18H17N3O9S3. The second-order valence-electron chi connectivity index (χ2n) is 6.37. The maximum atomic E-state index is 12.3. The minimum absolute atomic E-state index is 0.00764. The Morgan fingerprint density at radius 2 is 1.64 bits per heavy atom. The SMILES string of the molecule is Nc1c(/N=N/c2ccc(S(=O)(=O)CCOSOOO)cc2)cc(S(=O)(=O)O)c2ccccc12. The first kappa shape index (κ1) is 25.0. The summed E-state index contributed by atoms with van der Waals surface area (Å²) in [4.78, 5) is -0.354. The summed E-state index contributed by atoms with van der Waals surface area (Å²) in [5.74, 6) is -0.359. The molecule has 4 N–H and O–H groups in total. The van der Waals surface area contributed by atoms with Crippen molar-refractivity contribution in [2.75, 3.05) is 18.1 Å². The zero-order valence-electron chi connectivity index (χ0n) is 16.6. The Morgan fingerprint density at radius 3 is 2.27 bits per heavy atom. The molecule has 0 radical (unpaired) electrons. The molecule has 33 heavy (non-hydrogen) atoms. The largest absolute Gasteiger partial charge is 0.396 e. The van der Waals surface area contributed by atoms with Crippen LogP contribution >= 0.6 is 12.3 Å². The van der Waals surface area contributed by atoms with Crippen LogP contribution in [0.3, 0.4) is 0 Å². The molecule has 3 aromatic rings. The zero-order chi connectivity index (χ0) is 24.1. The monoisotopic (exact) mass is 515 g/mol. The molecule has 0 heterocycles. The number of hydrogen-bond donors (Lipinski definition) is 3. The van der Waals surface area contributed by atoms with Crippen molar-refractivity contribution >= 4 is 60.1 Å². The number of nitrogens with zero attached hydrogens (tertiary/aromatic N) is 2. The predicted molar refractivity (Wildman–Crippen MR) is 119 cm³/mol.